The van der Waals surface area contributed by atoms with E-state index >= 15 is 0 Å². The molecule has 0 aliphatic heterocycles. The van der Waals surface area contributed by atoms with Gasteiger partial charge in [0.05, 0.1) is 17.9 Å². The van der Waals surface area contributed by atoms with Gasteiger partial charge in [-0.15, -0.1) is 0 Å². The third-order valence-electron chi connectivity index (χ3n) is 6.67. The minimum Gasteiger partial charge on any atom is -0.391 e. The number of aliphatic hydroxyl groups excluding tert-OH is 2. The Balaban J connectivity index is 4.13. The van der Waals surface area contributed by atoms with E-state index in [0.29, 0.717) is 19.3 Å². The number of carbonyl (C=O) groups is 1. The number of amides is 1. The van der Waals surface area contributed by atoms with Crippen LogP contribution in [0.1, 0.15) is 142 Å². The number of hydrogen-bond donors (Lipinski definition) is 4. The topological polar surface area (TPSA) is 124 Å². The van der Waals surface area contributed by atoms with Crippen LogP contribution in [0.25, 0.3) is 0 Å². The Kier molecular flexibility index (Phi) is 22.0. The molecule has 4 N–H and O–H groups in total. The average Bonchev–Trinajstić information content (AvgIpc) is 2.80. The van der Waals surface area contributed by atoms with Crippen LogP contribution in [0.4, 0.5) is 0 Å². The van der Waals surface area contributed by atoms with E-state index in [9.17, 15) is 28.0 Å². The molecule has 0 aromatic heterocycles. The van der Waals surface area contributed by atoms with E-state index in [2.05, 4.69) is 19.2 Å². The van der Waals surface area contributed by atoms with Crippen molar-refractivity contribution in [2.45, 2.75) is 161 Å². The monoisotopic (exact) mass is 521 g/mol. The van der Waals surface area contributed by atoms with Crippen molar-refractivity contribution in [2.75, 3.05) is 5.75 Å². The summed E-state index contributed by atoms with van der Waals surface area (Å²) in [6.45, 7) is 4.37. The van der Waals surface area contributed by atoms with Crippen LogP contribution in [-0.2, 0) is 14.9 Å². The number of rotatable bonds is 25. The maximum absolute atomic E-state index is 12.4. The van der Waals surface area contributed by atoms with Gasteiger partial charge in [-0.1, -0.05) is 129 Å². The van der Waals surface area contributed by atoms with Crippen molar-refractivity contribution in [2.24, 2.45) is 0 Å². The van der Waals surface area contributed by atoms with Gasteiger partial charge in [-0.25, -0.2) is 0 Å². The summed E-state index contributed by atoms with van der Waals surface area (Å²) in [6, 6.07) is -1.13. The fraction of sp³-hybridized carbons (Fsp3) is 0.963. The summed E-state index contributed by atoms with van der Waals surface area (Å²) in [7, 11) is -4.38. The molecule has 0 bridgehead atoms. The van der Waals surface area contributed by atoms with Gasteiger partial charge in [-0.2, -0.15) is 8.42 Å². The Hall–Kier alpha value is -0.700. The average molecular weight is 522 g/mol. The molecule has 1 amide bonds. The summed E-state index contributed by atoms with van der Waals surface area (Å²) >= 11 is 0. The number of aliphatic hydroxyl groups is 2. The molecule has 0 radical (unpaired) electrons. The van der Waals surface area contributed by atoms with Gasteiger partial charge in [0.25, 0.3) is 10.1 Å². The zero-order valence-corrected chi connectivity index (χ0v) is 23.4. The highest BCUT2D eigenvalue weighted by Crippen LogP contribution is 2.14. The zero-order chi connectivity index (χ0) is 26.4. The largest absolute Gasteiger partial charge is 0.391 e. The summed E-state index contributed by atoms with van der Waals surface area (Å²) in [5.41, 5.74) is 0. The van der Waals surface area contributed by atoms with Gasteiger partial charge in [-0.05, 0) is 12.8 Å². The van der Waals surface area contributed by atoms with E-state index in [1.165, 1.54) is 64.2 Å². The molecule has 3 unspecified atom stereocenters. The Bertz CT molecular complexity index is 598. The highest BCUT2D eigenvalue weighted by molar-refractivity contribution is 7.85. The first-order valence-corrected chi connectivity index (χ1v) is 15.9. The molecule has 0 aliphatic carbocycles. The van der Waals surface area contributed by atoms with E-state index in [-0.39, 0.29) is 0 Å². The molecule has 8 heteroatoms. The third kappa shape index (κ3) is 22.2. The standard InChI is InChI=1S/C27H55NO6S/c1-3-5-7-9-11-12-13-14-15-16-18-20-22-26(30)27(31)28-24(23-35(32,33)34)25(29)21-19-17-10-8-6-4-2/h24-26,29-30H,3-23H2,1-2H3,(H,28,31)(H,32,33,34). The molecule has 0 saturated carbocycles. The second-order valence-corrected chi connectivity index (χ2v) is 11.7. The number of hydrogen-bond acceptors (Lipinski definition) is 5. The molecular weight excluding hydrogens is 466 g/mol. The second kappa shape index (κ2) is 22.5. The van der Waals surface area contributed by atoms with Crippen molar-refractivity contribution in [3.63, 3.8) is 0 Å². The first-order chi connectivity index (χ1) is 16.7. The molecule has 0 fully saturated rings. The Morgan fingerprint density at radius 3 is 1.43 bits per heavy atom. The summed E-state index contributed by atoms with van der Waals surface area (Å²) in [4.78, 5) is 12.4. The van der Waals surface area contributed by atoms with Gasteiger partial charge in [0.2, 0.25) is 5.91 Å². The molecule has 0 rings (SSSR count). The van der Waals surface area contributed by atoms with Gasteiger partial charge in [-0.3, -0.25) is 9.35 Å². The molecule has 0 aromatic rings. The minimum absolute atomic E-state index is 0.301. The van der Waals surface area contributed by atoms with Crippen LogP contribution in [0.15, 0.2) is 0 Å². The predicted molar refractivity (Wildman–Crippen MR) is 144 cm³/mol. The van der Waals surface area contributed by atoms with E-state index in [0.717, 1.165) is 44.9 Å². The molecule has 0 aliphatic rings. The summed E-state index contributed by atoms with van der Waals surface area (Å²) < 4.78 is 32.0. The van der Waals surface area contributed by atoms with Gasteiger partial charge in [0.15, 0.2) is 0 Å². The maximum atomic E-state index is 12.4. The lowest BCUT2D eigenvalue weighted by Gasteiger charge is -2.24. The van der Waals surface area contributed by atoms with Gasteiger partial charge in [0, 0.05) is 0 Å². The lowest BCUT2D eigenvalue weighted by atomic mass is 10.0. The van der Waals surface area contributed by atoms with E-state index in [1.54, 1.807) is 0 Å². The van der Waals surface area contributed by atoms with Crippen LogP contribution in [0.3, 0.4) is 0 Å². The maximum Gasteiger partial charge on any atom is 0.266 e. The highest BCUT2D eigenvalue weighted by Gasteiger charge is 2.28. The van der Waals surface area contributed by atoms with Crippen LogP contribution < -0.4 is 5.32 Å². The fourth-order valence-electron chi connectivity index (χ4n) is 4.40. The molecule has 0 spiro atoms. The van der Waals surface area contributed by atoms with Crippen molar-refractivity contribution in [3.05, 3.63) is 0 Å². The Morgan fingerprint density at radius 2 is 1.03 bits per heavy atom. The lowest BCUT2D eigenvalue weighted by Crippen LogP contribution is -2.50. The van der Waals surface area contributed by atoms with Gasteiger partial charge >= 0.3 is 0 Å². The minimum atomic E-state index is -4.38. The third-order valence-corrected chi connectivity index (χ3v) is 7.45. The molecule has 0 heterocycles. The van der Waals surface area contributed by atoms with E-state index in [1.807, 2.05) is 0 Å². The van der Waals surface area contributed by atoms with Crippen LogP contribution in [0, 0.1) is 0 Å². The van der Waals surface area contributed by atoms with Crippen LogP contribution in [-0.4, -0.2) is 53.1 Å². The number of unbranched alkanes of at least 4 members (excludes halogenated alkanes) is 16. The van der Waals surface area contributed by atoms with E-state index < -0.39 is 40.0 Å². The summed E-state index contributed by atoms with van der Waals surface area (Å²) in [5.74, 6) is -1.45. The van der Waals surface area contributed by atoms with E-state index in [4.69, 9.17) is 0 Å². The SMILES string of the molecule is CCCCCCCCCCCCCCC(O)C(=O)NC(CS(=O)(=O)O)C(O)CCCCCCCC. The normalized spacial score (nSPS) is 14.5. The molecular formula is C27H55NO6S. The lowest BCUT2D eigenvalue weighted by molar-refractivity contribution is -0.131. The first kappa shape index (κ1) is 34.3. The van der Waals surface area contributed by atoms with Crippen LogP contribution >= 0.6 is 0 Å². The number of carbonyl (C=O) groups excluding carboxylic acids is 1. The zero-order valence-electron chi connectivity index (χ0n) is 22.6. The summed E-state index contributed by atoms with van der Waals surface area (Å²) in [5, 5.41) is 23.1. The van der Waals surface area contributed by atoms with Crippen molar-refractivity contribution >= 4 is 16.0 Å². The Labute approximate surface area is 215 Å². The number of nitrogens with one attached hydrogen (secondary N) is 1. The van der Waals surface area contributed by atoms with Gasteiger partial charge in [0.1, 0.15) is 6.10 Å². The first-order valence-electron chi connectivity index (χ1n) is 14.3. The molecule has 3 atom stereocenters. The fourth-order valence-corrected chi connectivity index (χ4v) is 5.16. The molecule has 210 valence electrons. The van der Waals surface area contributed by atoms with Crippen molar-refractivity contribution in [1.29, 1.82) is 0 Å². The molecule has 0 aromatic carbocycles. The quantitative estimate of drug-likeness (QED) is 0.0873. The molecule has 35 heavy (non-hydrogen) atoms. The van der Waals surface area contributed by atoms with Crippen LogP contribution in [0.5, 0.6) is 0 Å². The molecule has 0 saturated heterocycles. The van der Waals surface area contributed by atoms with Crippen LogP contribution in [0.2, 0.25) is 0 Å². The second-order valence-electron chi connectivity index (χ2n) is 10.2. The van der Waals surface area contributed by atoms with Gasteiger partial charge < -0.3 is 15.5 Å². The van der Waals surface area contributed by atoms with Crippen molar-refractivity contribution in [1.82, 2.24) is 5.32 Å². The predicted octanol–water partition coefficient (Wildman–Crippen LogP) is 5.92. The summed E-state index contributed by atoms with van der Waals surface area (Å²) in [6.07, 6.45) is 18.8. The smallest absolute Gasteiger partial charge is 0.266 e. The van der Waals surface area contributed by atoms with Crippen molar-refractivity contribution < 1.29 is 28.0 Å². The Morgan fingerprint density at radius 1 is 0.657 bits per heavy atom. The highest BCUT2D eigenvalue weighted by atomic mass is 32.2. The molecule has 7 nitrogen and oxygen atoms in total. The van der Waals surface area contributed by atoms with Crippen molar-refractivity contribution in [3.8, 4) is 0 Å².